The minimum Gasteiger partial charge on any atom is -0.0677 e. The van der Waals surface area contributed by atoms with Crippen molar-refractivity contribution in [2.45, 2.75) is 325 Å². The second kappa shape index (κ2) is 40.9. The SMILES string of the molecule is CC(C)(C)c1cc(C(C)(C)C)cc(C(C#CC#CC#CC#CC#CC#CC#CC#CC#CC#CC#CC#CC#CC#CC#CC#CC#CC#CC#CC#CC(c2cc(C(C)(C)C)cc(C(C)(C)C)c2)(c2cc(C(C)(C)C)cc(C(C)(C)C)c2)c2cc(C(C)(C)C)cc(C(C)(C)C)c2)(c2cc(C(C)(C)C)cc(C(C)(C)C)c2)c2cc(C(C)(C)C)cc(C(C)(C)C)c2)c1. The molecule has 0 bridgehead atoms. The van der Waals surface area contributed by atoms with Gasteiger partial charge in [0.2, 0.25) is 0 Å². The van der Waals surface area contributed by atoms with Crippen LogP contribution in [0.2, 0.25) is 0 Å². The first-order valence-electron chi connectivity index (χ1n) is 43.1. The van der Waals surface area contributed by atoms with Crippen LogP contribution in [0.15, 0.2) is 109 Å². The molecule has 0 aliphatic rings. The van der Waals surface area contributed by atoms with E-state index in [1.807, 2.05) is 0 Å². The van der Waals surface area contributed by atoms with E-state index in [1.54, 1.807) is 0 Å². The van der Waals surface area contributed by atoms with Gasteiger partial charge in [-0.05, 0) is 260 Å². The van der Waals surface area contributed by atoms with Crippen LogP contribution in [-0.4, -0.2) is 0 Å². The maximum atomic E-state index is 3.93. The van der Waals surface area contributed by atoms with Gasteiger partial charge in [-0.25, -0.2) is 0 Å². The first-order chi connectivity index (χ1) is 58.1. The minimum absolute atomic E-state index is 0.156. The van der Waals surface area contributed by atoms with Gasteiger partial charge < -0.3 is 0 Å². The summed E-state index contributed by atoms with van der Waals surface area (Å²) < 4.78 is 0. The molecule has 0 atom stereocenters. The second-order valence-electron chi connectivity index (χ2n) is 44.3. The van der Waals surface area contributed by atoms with Crippen molar-refractivity contribution in [3.05, 3.63) is 209 Å². The average Bonchev–Trinajstić information content (AvgIpc) is 0.727. The van der Waals surface area contributed by atoms with E-state index in [4.69, 9.17) is 0 Å². The number of hydrogen-bond donors (Lipinski definition) is 0. The fourth-order valence-electron chi connectivity index (χ4n) is 13.1. The van der Waals surface area contributed by atoms with E-state index in [1.165, 1.54) is 66.8 Å². The standard InChI is InChI=1S/C126H126/c1-113(2,3)95-77-96(114(4,5)6)84-107(83-95)125(108-85-97(115(7,8)9)78-98(86-108)116(10,11)12,109-87-99(117(13,14)15)79-100(88-109)118(16,17)18)75-73-71-69-67-65-63-61-59-57-55-53-51-49-47-45-43-41-39-37-38-40-42-44-46-48-50-52-54-56-58-60-62-64-66-68-70-72-74-76-126(110-89-101(119(19,20)21)80-102(90-110)120(22,23)24,111-91-103(121(25,26)27)81-104(92-111)122(28,29)30)112-93-105(123(31,32)33)82-106(94-112)124(34,35)36/h77-94H,1-36H3. The Balaban J connectivity index is 1.16. The molecule has 0 heteroatoms. The molecular formula is C126H126. The summed E-state index contributed by atoms with van der Waals surface area (Å²) in [6.07, 6.45) is 0. The van der Waals surface area contributed by atoms with Crippen LogP contribution in [-0.2, 0) is 75.8 Å². The molecular weight excluding hydrogens is 1510 g/mol. The summed E-state index contributed by atoms with van der Waals surface area (Å²) in [4.78, 5) is 0. The third-order valence-electron chi connectivity index (χ3n) is 21.4. The summed E-state index contributed by atoms with van der Waals surface area (Å²) in [5.41, 5.74) is 17.8. The molecule has 0 nitrogen and oxygen atoms in total. The number of hydrogen-bond acceptors (Lipinski definition) is 0. The lowest BCUT2D eigenvalue weighted by atomic mass is 9.64. The van der Waals surface area contributed by atoms with Crippen molar-refractivity contribution in [3.63, 3.8) is 0 Å². The van der Waals surface area contributed by atoms with Gasteiger partial charge in [0.05, 0.1) is 0 Å². The molecule has 0 radical (unpaired) electrons. The normalized spacial score (nSPS) is 11.2. The van der Waals surface area contributed by atoms with Gasteiger partial charge in [0.15, 0.2) is 0 Å². The lowest BCUT2D eigenvalue weighted by Gasteiger charge is -2.38. The Hall–Kier alpha value is -13.5. The van der Waals surface area contributed by atoms with Crippen molar-refractivity contribution in [1.29, 1.82) is 0 Å². The van der Waals surface area contributed by atoms with Crippen LogP contribution in [0.25, 0.3) is 0 Å². The fourth-order valence-corrected chi connectivity index (χ4v) is 13.1. The van der Waals surface area contributed by atoms with Gasteiger partial charge >= 0.3 is 0 Å². The topological polar surface area (TPSA) is 0 Å². The van der Waals surface area contributed by atoms with E-state index in [-0.39, 0.29) is 65.0 Å². The quantitative estimate of drug-likeness (QED) is 0.115. The first kappa shape index (κ1) is 101. The van der Waals surface area contributed by atoms with Crippen molar-refractivity contribution in [1.82, 2.24) is 0 Å². The molecule has 0 aliphatic heterocycles. The van der Waals surface area contributed by atoms with Crippen molar-refractivity contribution < 1.29 is 0 Å². The summed E-state index contributed by atoms with van der Waals surface area (Å²) in [7, 11) is 0. The van der Waals surface area contributed by atoms with Crippen LogP contribution < -0.4 is 0 Å². The first-order valence-corrected chi connectivity index (χ1v) is 43.1. The molecule has 0 aromatic heterocycles. The highest BCUT2D eigenvalue weighted by Crippen LogP contribution is 2.50. The largest absolute Gasteiger partial charge is 0.107 e. The Bertz CT molecular complexity index is 5690. The maximum absolute atomic E-state index is 3.93. The Morgan fingerprint density at radius 3 is 0.230 bits per heavy atom. The highest BCUT2D eigenvalue weighted by Gasteiger charge is 2.43. The highest BCUT2D eigenvalue weighted by atomic mass is 14.4. The van der Waals surface area contributed by atoms with Gasteiger partial charge in [0, 0.05) is 130 Å². The zero-order chi connectivity index (χ0) is 94.4. The van der Waals surface area contributed by atoms with Gasteiger partial charge in [-0.3, -0.25) is 0 Å². The molecule has 0 saturated carbocycles. The molecule has 126 heavy (non-hydrogen) atoms. The maximum Gasteiger partial charge on any atom is 0.107 e. The lowest BCUT2D eigenvalue weighted by Crippen LogP contribution is -2.32. The van der Waals surface area contributed by atoms with Crippen LogP contribution in [0.4, 0.5) is 0 Å². The summed E-state index contributed by atoms with van der Waals surface area (Å²) >= 11 is 0. The molecule has 6 aromatic rings. The molecule has 0 spiro atoms. The van der Waals surface area contributed by atoms with Gasteiger partial charge in [0.1, 0.15) is 10.8 Å². The molecule has 0 fully saturated rings. The molecule has 0 aliphatic carbocycles. The molecule has 0 heterocycles. The zero-order valence-corrected chi connectivity index (χ0v) is 82.4. The molecule has 6 rings (SSSR count). The van der Waals surface area contributed by atoms with Crippen LogP contribution in [0.1, 0.15) is 349 Å². The monoisotopic (exact) mass is 1640 g/mol. The van der Waals surface area contributed by atoms with E-state index in [2.05, 4.69) is 595 Å². The third kappa shape index (κ3) is 29.6. The Morgan fingerprint density at radius 2 is 0.159 bits per heavy atom. The molecule has 0 unspecified atom stereocenters. The van der Waals surface area contributed by atoms with Crippen LogP contribution in [0.3, 0.4) is 0 Å². The lowest BCUT2D eigenvalue weighted by molar-refractivity contribution is 0.556. The molecule has 630 valence electrons. The van der Waals surface area contributed by atoms with Crippen molar-refractivity contribution in [2.75, 3.05) is 0 Å². The van der Waals surface area contributed by atoms with E-state index in [9.17, 15) is 0 Å². The predicted molar refractivity (Wildman–Crippen MR) is 538 cm³/mol. The molecule has 6 aromatic carbocycles. The van der Waals surface area contributed by atoms with Crippen LogP contribution >= 0.6 is 0 Å². The Labute approximate surface area is 766 Å². The van der Waals surface area contributed by atoms with Crippen molar-refractivity contribution in [2.24, 2.45) is 0 Å². The number of rotatable bonds is 6. The third-order valence-corrected chi connectivity index (χ3v) is 21.4. The average molecular weight is 1640 g/mol. The van der Waals surface area contributed by atoms with Gasteiger partial charge in [-0.2, -0.15) is 0 Å². The summed E-state index contributed by atoms with van der Waals surface area (Å²) in [5.74, 6) is 112. The summed E-state index contributed by atoms with van der Waals surface area (Å²) in [6.45, 7) is 82.4. The summed E-state index contributed by atoms with van der Waals surface area (Å²) in [6, 6.07) is 43.1. The summed E-state index contributed by atoms with van der Waals surface area (Å²) in [5, 5.41) is 0. The van der Waals surface area contributed by atoms with E-state index >= 15 is 0 Å². The van der Waals surface area contributed by atoms with E-state index in [0.29, 0.717) is 0 Å². The second-order valence-corrected chi connectivity index (χ2v) is 44.3. The van der Waals surface area contributed by atoms with Gasteiger partial charge in [0.25, 0.3) is 0 Å². The van der Waals surface area contributed by atoms with E-state index < -0.39 is 10.8 Å². The van der Waals surface area contributed by atoms with Crippen LogP contribution in [0.5, 0.6) is 0 Å². The Kier molecular flexibility index (Phi) is 32.9. The molecule has 0 saturated heterocycles. The van der Waals surface area contributed by atoms with Gasteiger partial charge in [-0.15, -0.1) is 0 Å². The smallest absolute Gasteiger partial charge is 0.0677 e. The highest BCUT2D eigenvalue weighted by molar-refractivity contribution is 5.68. The van der Waals surface area contributed by atoms with Crippen LogP contribution in [0, 0.1) is 237 Å². The fraction of sp³-hybridized carbons (Fsp3) is 0.397. The predicted octanol–water partition coefficient (Wildman–Crippen LogP) is 24.7. The van der Waals surface area contributed by atoms with Gasteiger partial charge in [-0.1, -0.05) is 370 Å². The zero-order valence-electron chi connectivity index (χ0n) is 82.4. The molecule has 0 amide bonds. The minimum atomic E-state index is -0.971. The number of benzene rings is 6. The van der Waals surface area contributed by atoms with Crippen molar-refractivity contribution in [3.8, 4) is 237 Å². The van der Waals surface area contributed by atoms with E-state index in [0.717, 1.165) is 33.4 Å². The van der Waals surface area contributed by atoms with Crippen molar-refractivity contribution >= 4 is 0 Å². The molecule has 0 N–H and O–H groups in total. The Morgan fingerprint density at radius 1 is 0.0952 bits per heavy atom.